The summed E-state index contributed by atoms with van der Waals surface area (Å²) in [5.41, 5.74) is 3.03. The number of anilines is 1. The fraction of sp³-hybridized carbons (Fsp3) is 0.100. The number of nitrogens with one attached hydrogen (secondary N) is 1. The molecule has 3 rings (SSSR count). The van der Waals surface area contributed by atoms with E-state index in [1.165, 1.54) is 0 Å². The molecule has 0 fully saturated rings. The summed E-state index contributed by atoms with van der Waals surface area (Å²) in [6.07, 6.45) is 3.31. The maximum atomic E-state index is 12.3. The molecular formula is C20H17ClN2OS. The highest BCUT2D eigenvalue weighted by Crippen LogP contribution is 2.36. The van der Waals surface area contributed by atoms with Crippen LogP contribution in [0.4, 0.5) is 5.69 Å². The predicted molar refractivity (Wildman–Crippen MR) is 105 cm³/mol. The van der Waals surface area contributed by atoms with Crippen LogP contribution in [-0.4, -0.2) is 16.6 Å². The average Bonchev–Trinajstić information content (AvgIpc) is 2.65. The molecule has 1 heterocycles. The van der Waals surface area contributed by atoms with Crippen LogP contribution >= 0.6 is 23.4 Å². The zero-order chi connectivity index (χ0) is 17.5. The summed E-state index contributed by atoms with van der Waals surface area (Å²) in [4.78, 5) is 16.2. The first-order valence-corrected chi connectivity index (χ1v) is 9.27. The minimum atomic E-state index is -0.0360. The topological polar surface area (TPSA) is 42.0 Å². The second kappa shape index (κ2) is 8.70. The van der Waals surface area contributed by atoms with Gasteiger partial charge in [0.2, 0.25) is 5.91 Å². The molecule has 0 bridgehead atoms. The largest absolute Gasteiger partial charge is 0.325 e. The van der Waals surface area contributed by atoms with Gasteiger partial charge in [0, 0.05) is 23.1 Å². The minimum absolute atomic E-state index is 0.0360. The zero-order valence-electron chi connectivity index (χ0n) is 13.4. The molecule has 0 saturated heterocycles. The molecule has 1 unspecified atom stereocenters. The number of amides is 1. The fourth-order valence-corrected chi connectivity index (χ4v) is 3.66. The van der Waals surface area contributed by atoms with Crippen molar-refractivity contribution < 1.29 is 4.79 Å². The Balaban J connectivity index is 1.72. The summed E-state index contributed by atoms with van der Waals surface area (Å²) >= 11 is 7.59. The van der Waals surface area contributed by atoms with Crippen molar-refractivity contribution in [2.75, 3.05) is 11.1 Å². The lowest BCUT2D eigenvalue weighted by Gasteiger charge is -2.17. The van der Waals surface area contributed by atoms with E-state index in [-0.39, 0.29) is 11.2 Å². The molecule has 1 N–H and O–H groups in total. The monoisotopic (exact) mass is 368 g/mol. The number of nitrogens with zero attached hydrogens (tertiary/aromatic N) is 1. The first kappa shape index (κ1) is 17.5. The summed E-state index contributed by atoms with van der Waals surface area (Å²) in [6, 6.07) is 21.5. The van der Waals surface area contributed by atoms with Crippen LogP contribution in [0.5, 0.6) is 0 Å². The van der Waals surface area contributed by atoms with Gasteiger partial charge < -0.3 is 5.32 Å². The number of carbonyl (C=O) groups excluding carboxylic acids is 1. The number of benzene rings is 2. The predicted octanol–water partition coefficient (Wildman–Crippen LogP) is 5.20. The highest BCUT2D eigenvalue weighted by molar-refractivity contribution is 8.00. The van der Waals surface area contributed by atoms with E-state index in [0.29, 0.717) is 10.8 Å². The van der Waals surface area contributed by atoms with E-state index in [4.69, 9.17) is 11.6 Å². The number of carbonyl (C=O) groups is 1. The Kier molecular flexibility index (Phi) is 6.09. The summed E-state index contributed by atoms with van der Waals surface area (Å²) < 4.78 is 0. The average molecular weight is 369 g/mol. The quantitative estimate of drug-likeness (QED) is 0.650. The van der Waals surface area contributed by atoms with Crippen molar-refractivity contribution in [1.82, 2.24) is 4.98 Å². The third-order valence-electron chi connectivity index (χ3n) is 3.62. The van der Waals surface area contributed by atoms with Gasteiger partial charge in [-0.15, -0.1) is 11.8 Å². The molecule has 1 amide bonds. The van der Waals surface area contributed by atoms with Crippen LogP contribution in [0.2, 0.25) is 5.02 Å². The lowest BCUT2D eigenvalue weighted by atomic mass is 10.0. The molecular weight excluding hydrogens is 352 g/mol. The molecule has 0 spiro atoms. The van der Waals surface area contributed by atoms with Crippen molar-refractivity contribution in [2.45, 2.75) is 5.25 Å². The van der Waals surface area contributed by atoms with Crippen LogP contribution in [0.25, 0.3) is 0 Å². The van der Waals surface area contributed by atoms with E-state index in [9.17, 15) is 4.79 Å². The summed E-state index contributed by atoms with van der Waals surface area (Å²) in [6.45, 7) is 0. The van der Waals surface area contributed by atoms with Crippen molar-refractivity contribution in [3.8, 4) is 0 Å². The van der Waals surface area contributed by atoms with Crippen molar-refractivity contribution >= 4 is 35.0 Å². The Hall–Kier alpha value is -2.30. The van der Waals surface area contributed by atoms with Gasteiger partial charge in [0.1, 0.15) is 0 Å². The molecule has 0 saturated carbocycles. The molecule has 2 aromatic carbocycles. The van der Waals surface area contributed by atoms with Crippen LogP contribution in [0.1, 0.15) is 16.4 Å². The van der Waals surface area contributed by atoms with E-state index in [1.54, 1.807) is 36.3 Å². The third-order valence-corrected chi connectivity index (χ3v) is 5.18. The van der Waals surface area contributed by atoms with Gasteiger partial charge in [-0.05, 0) is 35.4 Å². The fourth-order valence-electron chi connectivity index (χ4n) is 2.44. The molecule has 0 aliphatic carbocycles. The van der Waals surface area contributed by atoms with Gasteiger partial charge in [-0.25, -0.2) is 0 Å². The lowest BCUT2D eigenvalue weighted by Crippen LogP contribution is -2.15. The molecule has 5 heteroatoms. The highest BCUT2D eigenvalue weighted by atomic mass is 35.5. The summed E-state index contributed by atoms with van der Waals surface area (Å²) in [5.74, 6) is 0.316. The number of halogens is 1. The number of rotatable bonds is 6. The number of pyridine rings is 1. The molecule has 1 aromatic heterocycles. The normalized spacial score (nSPS) is 11.7. The number of thioether (sulfide) groups is 1. The van der Waals surface area contributed by atoms with Gasteiger partial charge in [0.25, 0.3) is 0 Å². The van der Waals surface area contributed by atoms with Crippen molar-refractivity contribution in [2.24, 2.45) is 0 Å². The summed E-state index contributed by atoms with van der Waals surface area (Å²) in [5, 5.41) is 3.66. The highest BCUT2D eigenvalue weighted by Gasteiger charge is 2.16. The van der Waals surface area contributed by atoms with Crippen molar-refractivity contribution in [3.63, 3.8) is 0 Å². The molecule has 126 valence electrons. The van der Waals surface area contributed by atoms with Crippen molar-refractivity contribution in [1.29, 1.82) is 0 Å². The smallest absolute Gasteiger partial charge is 0.234 e. The molecule has 3 aromatic rings. The Morgan fingerprint density at radius 2 is 1.60 bits per heavy atom. The molecule has 25 heavy (non-hydrogen) atoms. The van der Waals surface area contributed by atoms with Gasteiger partial charge in [0.05, 0.1) is 11.0 Å². The van der Waals surface area contributed by atoms with Crippen LogP contribution in [0, 0.1) is 0 Å². The van der Waals surface area contributed by atoms with E-state index >= 15 is 0 Å². The standard InChI is InChI=1S/C20H17ClN2OS/c21-17-8-6-16(7-9-17)20(15-4-2-1-3-5-15)25-14-19(24)23-18-10-12-22-13-11-18/h1-13,20H,14H2,(H,22,23,24). The van der Waals surface area contributed by atoms with Crippen LogP contribution < -0.4 is 5.32 Å². The van der Waals surface area contributed by atoms with E-state index < -0.39 is 0 Å². The van der Waals surface area contributed by atoms with Gasteiger partial charge in [-0.3, -0.25) is 9.78 Å². The Morgan fingerprint density at radius 3 is 2.28 bits per heavy atom. The van der Waals surface area contributed by atoms with Crippen LogP contribution in [0.15, 0.2) is 79.1 Å². The lowest BCUT2D eigenvalue weighted by molar-refractivity contribution is -0.113. The maximum absolute atomic E-state index is 12.3. The second-order valence-corrected chi connectivity index (χ2v) is 6.97. The second-order valence-electron chi connectivity index (χ2n) is 5.44. The molecule has 1 atom stereocenters. The number of hydrogen-bond acceptors (Lipinski definition) is 3. The molecule has 0 aliphatic rings. The Labute approximate surface area is 156 Å². The number of aromatic nitrogens is 1. The minimum Gasteiger partial charge on any atom is -0.325 e. The zero-order valence-corrected chi connectivity index (χ0v) is 15.0. The molecule has 0 aliphatic heterocycles. The first-order chi connectivity index (χ1) is 12.2. The summed E-state index contributed by atoms with van der Waals surface area (Å²) in [7, 11) is 0. The maximum Gasteiger partial charge on any atom is 0.234 e. The van der Waals surface area contributed by atoms with E-state index in [1.807, 2.05) is 42.5 Å². The van der Waals surface area contributed by atoms with Crippen LogP contribution in [0.3, 0.4) is 0 Å². The first-order valence-electron chi connectivity index (χ1n) is 7.84. The van der Waals surface area contributed by atoms with Gasteiger partial charge in [0.15, 0.2) is 0 Å². The van der Waals surface area contributed by atoms with E-state index in [2.05, 4.69) is 22.4 Å². The number of hydrogen-bond donors (Lipinski definition) is 1. The van der Waals surface area contributed by atoms with Gasteiger partial charge in [-0.2, -0.15) is 0 Å². The molecule has 0 radical (unpaired) electrons. The molecule has 3 nitrogen and oxygen atoms in total. The third kappa shape index (κ3) is 5.08. The Bertz CT molecular complexity index is 810. The Morgan fingerprint density at radius 1 is 0.960 bits per heavy atom. The van der Waals surface area contributed by atoms with E-state index in [0.717, 1.165) is 16.8 Å². The SMILES string of the molecule is O=C(CSC(c1ccccc1)c1ccc(Cl)cc1)Nc1ccncc1. The van der Waals surface area contributed by atoms with Crippen molar-refractivity contribution in [3.05, 3.63) is 95.3 Å². The van der Waals surface area contributed by atoms with Crippen LogP contribution in [-0.2, 0) is 4.79 Å². The van der Waals surface area contributed by atoms with Gasteiger partial charge >= 0.3 is 0 Å². The van der Waals surface area contributed by atoms with Gasteiger partial charge in [-0.1, -0.05) is 54.1 Å².